The standard InChI is InChI=1S/C20H22Cl2N2O3S/c21-12-8-9-15(14(22)11-12)27-10-4-7-17(25)24-20-18(19(23)26)13-5-2-1-3-6-16(13)28-20/h8-9,11H,1-7,10H2,(H2,23,26)(H,24,25). The summed E-state index contributed by atoms with van der Waals surface area (Å²) in [4.78, 5) is 25.5. The number of hydrogen-bond donors (Lipinski definition) is 2. The maximum atomic E-state index is 12.3. The summed E-state index contributed by atoms with van der Waals surface area (Å²) in [6, 6.07) is 5.00. The molecule has 28 heavy (non-hydrogen) atoms. The molecule has 3 N–H and O–H groups in total. The van der Waals surface area contributed by atoms with Gasteiger partial charge in [0.25, 0.3) is 5.91 Å². The van der Waals surface area contributed by atoms with Crippen LogP contribution in [0.3, 0.4) is 0 Å². The van der Waals surface area contributed by atoms with Crippen LogP contribution in [0.5, 0.6) is 5.75 Å². The Kier molecular flexibility index (Phi) is 7.21. The summed E-state index contributed by atoms with van der Waals surface area (Å²) in [6.45, 7) is 0.346. The van der Waals surface area contributed by atoms with E-state index in [1.165, 1.54) is 16.2 Å². The Hall–Kier alpha value is -1.76. The van der Waals surface area contributed by atoms with E-state index in [9.17, 15) is 9.59 Å². The van der Waals surface area contributed by atoms with Gasteiger partial charge in [0.05, 0.1) is 17.2 Å². The van der Waals surface area contributed by atoms with Crippen molar-refractivity contribution in [3.8, 4) is 5.75 Å². The molecule has 0 bridgehead atoms. The second-order valence-corrected chi connectivity index (χ2v) is 8.66. The van der Waals surface area contributed by atoms with Crippen LogP contribution in [0.1, 0.15) is 52.9 Å². The Bertz CT molecular complexity index is 883. The molecule has 0 saturated carbocycles. The lowest BCUT2D eigenvalue weighted by Gasteiger charge is -2.09. The number of fused-ring (bicyclic) bond motifs is 1. The fraction of sp³-hybridized carbons (Fsp3) is 0.400. The highest BCUT2D eigenvalue weighted by molar-refractivity contribution is 7.17. The van der Waals surface area contributed by atoms with Crippen molar-refractivity contribution in [1.29, 1.82) is 0 Å². The normalized spacial score (nSPS) is 13.5. The van der Waals surface area contributed by atoms with Gasteiger partial charge in [0.1, 0.15) is 10.8 Å². The lowest BCUT2D eigenvalue weighted by molar-refractivity contribution is -0.116. The Morgan fingerprint density at radius 3 is 2.71 bits per heavy atom. The third-order valence-electron chi connectivity index (χ3n) is 4.62. The SMILES string of the molecule is NC(=O)c1c(NC(=O)CCCOc2ccc(Cl)cc2Cl)sc2c1CCCCC2. The number of rotatable bonds is 7. The molecule has 150 valence electrons. The monoisotopic (exact) mass is 440 g/mol. The van der Waals surface area contributed by atoms with E-state index < -0.39 is 5.91 Å². The number of aryl methyl sites for hydroxylation is 1. The molecule has 1 heterocycles. The van der Waals surface area contributed by atoms with Crippen molar-refractivity contribution in [2.45, 2.75) is 44.9 Å². The summed E-state index contributed by atoms with van der Waals surface area (Å²) in [5.74, 6) is -0.107. The van der Waals surface area contributed by atoms with E-state index in [0.29, 0.717) is 39.4 Å². The molecule has 0 radical (unpaired) electrons. The first-order valence-electron chi connectivity index (χ1n) is 9.27. The molecule has 1 aliphatic rings. The molecular weight excluding hydrogens is 419 g/mol. The second-order valence-electron chi connectivity index (χ2n) is 6.71. The summed E-state index contributed by atoms with van der Waals surface area (Å²) in [7, 11) is 0. The fourth-order valence-corrected chi connectivity index (χ4v) is 5.06. The van der Waals surface area contributed by atoms with Crippen LogP contribution < -0.4 is 15.8 Å². The number of carbonyl (C=O) groups excluding carboxylic acids is 2. The molecule has 0 unspecified atom stereocenters. The van der Waals surface area contributed by atoms with Gasteiger partial charge in [-0.1, -0.05) is 29.6 Å². The van der Waals surface area contributed by atoms with Crippen LogP contribution in [0.25, 0.3) is 0 Å². The number of ether oxygens (including phenoxy) is 1. The van der Waals surface area contributed by atoms with Gasteiger partial charge in [0, 0.05) is 16.3 Å². The van der Waals surface area contributed by atoms with Crippen molar-refractivity contribution >= 4 is 51.4 Å². The van der Waals surface area contributed by atoms with Crippen LogP contribution in [0.15, 0.2) is 18.2 Å². The maximum Gasteiger partial charge on any atom is 0.251 e. The van der Waals surface area contributed by atoms with E-state index in [2.05, 4.69) is 5.32 Å². The molecule has 1 aromatic carbocycles. The van der Waals surface area contributed by atoms with Gasteiger partial charge in [-0.15, -0.1) is 11.3 Å². The van der Waals surface area contributed by atoms with Crippen molar-refractivity contribution in [1.82, 2.24) is 0 Å². The molecular formula is C20H22Cl2N2O3S. The molecule has 5 nitrogen and oxygen atoms in total. The summed E-state index contributed by atoms with van der Waals surface area (Å²) < 4.78 is 5.59. The highest BCUT2D eigenvalue weighted by atomic mass is 35.5. The van der Waals surface area contributed by atoms with E-state index in [4.69, 9.17) is 33.7 Å². The largest absolute Gasteiger partial charge is 0.492 e. The summed E-state index contributed by atoms with van der Waals surface area (Å²) in [5.41, 5.74) is 7.10. The number of amides is 2. The minimum Gasteiger partial charge on any atom is -0.492 e. The van der Waals surface area contributed by atoms with Gasteiger partial charge in [0.15, 0.2) is 0 Å². The van der Waals surface area contributed by atoms with Gasteiger partial charge in [-0.3, -0.25) is 9.59 Å². The molecule has 3 rings (SSSR count). The first kappa shape index (κ1) is 21.0. The highest BCUT2D eigenvalue weighted by Crippen LogP contribution is 2.37. The molecule has 0 saturated heterocycles. The van der Waals surface area contributed by atoms with Crippen LogP contribution in [0.2, 0.25) is 10.0 Å². The van der Waals surface area contributed by atoms with Gasteiger partial charge in [-0.05, 0) is 55.9 Å². The minimum absolute atomic E-state index is 0.162. The number of carbonyl (C=O) groups is 2. The van der Waals surface area contributed by atoms with E-state index in [0.717, 1.165) is 37.7 Å². The summed E-state index contributed by atoms with van der Waals surface area (Å²) in [5, 5.41) is 4.41. The van der Waals surface area contributed by atoms with Crippen LogP contribution >= 0.6 is 34.5 Å². The Morgan fingerprint density at radius 2 is 1.96 bits per heavy atom. The number of primary amides is 1. The average molecular weight is 441 g/mol. The zero-order valence-corrected chi connectivity index (χ0v) is 17.7. The van der Waals surface area contributed by atoms with E-state index in [-0.39, 0.29) is 12.3 Å². The number of nitrogens with one attached hydrogen (secondary N) is 1. The molecule has 0 aliphatic heterocycles. The Morgan fingerprint density at radius 1 is 1.18 bits per heavy atom. The van der Waals surface area contributed by atoms with Gasteiger partial charge in [0.2, 0.25) is 5.91 Å². The number of nitrogens with two attached hydrogens (primary N) is 1. The molecule has 2 aromatic rings. The van der Waals surface area contributed by atoms with E-state index >= 15 is 0 Å². The van der Waals surface area contributed by atoms with Gasteiger partial charge in [-0.2, -0.15) is 0 Å². The number of thiophene rings is 1. The van der Waals surface area contributed by atoms with E-state index in [1.54, 1.807) is 18.2 Å². The predicted molar refractivity (Wildman–Crippen MR) is 114 cm³/mol. The molecule has 8 heteroatoms. The average Bonchev–Trinajstić information content (AvgIpc) is 2.81. The van der Waals surface area contributed by atoms with Crippen LogP contribution in [-0.2, 0) is 17.6 Å². The summed E-state index contributed by atoms with van der Waals surface area (Å²) >= 11 is 13.4. The summed E-state index contributed by atoms with van der Waals surface area (Å²) in [6.07, 6.45) is 5.86. The quantitative estimate of drug-likeness (QED) is 0.457. The topological polar surface area (TPSA) is 81.4 Å². The minimum atomic E-state index is -0.476. The smallest absolute Gasteiger partial charge is 0.251 e. The van der Waals surface area contributed by atoms with E-state index in [1.807, 2.05) is 0 Å². The van der Waals surface area contributed by atoms with Crippen molar-refractivity contribution in [3.05, 3.63) is 44.2 Å². The predicted octanol–water partition coefficient (Wildman–Crippen LogP) is 5.22. The lowest BCUT2D eigenvalue weighted by Crippen LogP contribution is -2.18. The Balaban J connectivity index is 1.55. The third kappa shape index (κ3) is 5.19. The first-order valence-corrected chi connectivity index (χ1v) is 10.8. The van der Waals surface area contributed by atoms with Crippen molar-refractivity contribution in [2.75, 3.05) is 11.9 Å². The number of hydrogen-bond acceptors (Lipinski definition) is 4. The fourth-order valence-electron chi connectivity index (χ4n) is 3.29. The van der Waals surface area contributed by atoms with Gasteiger partial charge in [-0.25, -0.2) is 0 Å². The van der Waals surface area contributed by atoms with Gasteiger partial charge < -0.3 is 15.8 Å². The van der Waals surface area contributed by atoms with Crippen LogP contribution in [0, 0.1) is 0 Å². The molecule has 1 aromatic heterocycles. The van der Waals surface area contributed by atoms with Crippen molar-refractivity contribution in [3.63, 3.8) is 0 Å². The maximum absolute atomic E-state index is 12.3. The van der Waals surface area contributed by atoms with Crippen LogP contribution in [-0.4, -0.2) is 18.4 Å². The Labute approximate surface area is 178 Å². The highest BCUT2D eigenvalue weighted by Gasteiger charge is 2.24. The third-order valence-corrected chi connectivity index (χ3v) is 6.36. The number of benzene rings is 1. The zero-order chi connectivity index (χ0) is 20.1. The first-order chi connectivity index (χ1) is 13.5. The van der Waals surface area contributed by atoms with Crippen molar-refractivity contribution in [2.24, 2.45) is 5.73 Å². The van der Waals surface area contributed by atoms with Gasteiger partial charge >= 0.3 is 0 Å². The van der Waals surface area contributed by atoms with Crippen LogP contribution in [0.4, 0.5) is 5.00 Å². The molecule has 0 fully saturated rings. The molecule has 0 spiro atoms. The molecule has 0 atom stereocenters. The molecule has 2 amide bonds. The van der Waals surface area contributed by atoms with Crippen molar-refractivity contribution < 1.29 is 14.3 Å². The number of anilines is 1. The molecule has 1 aliphatic carbocycles. The second kappa shape index (κ2) is 9.63. The lowest BCUT2D eigenvalue weighted by atomic mass is 10.1. The zero-order valence-electron chi connectivity index (χ0n) is 15.4. The number of halogens is 2.